The summed E-state index contributed by atoms with van der Waals surface area (Å²) in [6.07, 6.45) is 0.615. The number of rotatable bonds is 3. The molecule has 2 aromatic carbocycles. The molecule has 0 amide bonds. The van der Waals surface area contributed by atoms with Gasteiger partial charge in [-0.3, -0.25) is 10.2 Å². The zero-order valence-corrected chi connectivity index (χ0v) is 14.1. The summed E-state index contributed by atoms with van der Waals surface area (Å²) in [6, 6.07) is 14.7. The van der Waals surface area contributed by atoms with Crippen LogP contribution < -0.4 is 0 Å². The van der Waals surface area contributed by atoms with Gasteiger partial charge in [-0.1, -0.05) is 53.6 Å². The van der Waals surface area contributed by atoms with Crippen LogP contribution in [0, 0.1) is 12.3 Å². The summed E-state index contributed by atoms with van der Waals surface area (Å²) in [6.45, 7) is 1.96. The van der Waals surface area contributed by atoms with Gasteiger partial charge in [-0.05, 0) is 30.5 Å². The molecule has 1 unspecified atom stereocenters. The number of aryl methyl sites for hydroxylation is 1. The minimum Gasteiger partial charge on any atom is -0.511 e. The highest BCUT2D eigenvalue weighted by Crippen LogP contribution is 2.35. The van der Waals surface area contributed by atoms with Crippen molar-refractivity contribution in [2.75, 3.05) is 0 Å². The highest BCUT2D eigenvalue weighted by molar-refractivity contribution is 6.30. The van der Waals surface area contributed by atoms with E-state index in [1.165, 1.54) is 0 Å². The van der Waals surface area contributed by atoms with Gasteiger partial charge in [-0.25, -0.2) is 0 Å². The Hall–Kier alpha value is -2.39. The van der Waals surface area contributed by atoms with Crippen molar-refractivity contribution in [1.82, 2.24) is 0 Å². The fraction of sp³-hybridized carbons (Fsp3) is 0.200. The van der Waals surface area contributed by atoms with E-state index >= 15 is 0 Å². The van der Waals surface area contributed by atoms with Crippen LogP contribution in [0.2, 0.25) is 5.02 Å². The molecule has 122 valence electrons. The van der Waals surface area contributed by atoms with Gasteiger partial charge < -0.3 is 5.11 Å². The van der Waals surface area contributed by atoms with Gasteiger partial charge in [0.1, 0.15) is 5.76 Å². The van der Waals surface area contributed by atoms with Crippen molar-refractivity contribution in [1.29, 1.82) is 5.41 Å². The first kappa shape index (κ1) is 16.5. The van der Waals surface area contributed by atoms with Crippen LogP contribution in [0.1, 0.15) is 35.4 Å². The van der Waals surface area contributed by atoms with Crippen molar-refractivity contribution in [3.8, 4) is 0 Å². The fourth-order valence-corrected chi connectivity index (χ4v) is 3.24. The summed E-state index contributed by atoms with van der Waals surface area (Å²) >= 11 is 6.02. The minimum atomic E-state index is -0.200. The van der Waals surface area contributed by atoms with Crippen LogP contribution in [-0.2, 0) is 4.79 Å². The molecule has 0 radical (unpaired) electrons. The Labute approximate surface area is 146 Å². The van der Waals surface area contributed by atoms with Gasteiger partial charge in [0, 0.05) is 23.4 Å². The second-order valence-corrected chi connectivity index (χ2v) is 6.58. The number of hydrogen-bond donors (Lipinski definition) is 2. The zero-order chi connectivity index (χ0) is 17.3. The van der Waals surface area contributed by atoms with E-state index in [9.17, 15) is 9.90 Å². The topological polar surface area (TPSA) is 61.1 Å². The number of carbonyl (C=O) groups excluding carboxylic acids is 1. The number of benzene rings is 2. The van der Waals surface area contributed by atoms with E-state index in [1.807, 2.05) is 37.3 Å². The predicted molar refractivity (Wildman–Crippen MR) is 96.1 cm³/mol. The van der Waals surface area contributed by atoms with Crippen LogP contribution in [0.15, 0.2) is 59.9 Å². The minimum absolute atomic E-state index is 0.0122. The second-order valence-electron chi connectivity index (χ2n) is 6.15. The quantitative estimate of drug-likeness (QED) is 0.775. The monoisotopic (exact) mass is 339 g/mol. The summed E-state index contributed by atoms with van der Waals surface area (Å²) in [5.74, 6) is -0.318. The normalized spacial score (nSPS) is 17.9. The Morgan fingerprint density at radius 3 is 2.50 bits per heavy atom. The van der Waals surface area contributed by atoms with E-state index in [1.54, 1.807) is 18.2 Å². The third-order valence-electron chi connectivity index (χ3n) is 4.35. The summed E-state index contributed by atoms with van der Waals surface area (Å²) in [7, 11) is 0. The predicted octanol–water partition coefficient (Wildman–Crippen LogP) is 4.98. The maximum absolute atomic E-state index is 12.6. The number of ketones is 1. The molecular formula is C20H18ClNO2. The third kappa shape index (κ3) is 3.26. The summed E-state index contributed by atoms with van der Waals surface area (Å²) in [5, 5.41) is 19.3. The van der Waals surface area contributed by atoms with Crippen LogP contribution >= 0.6 is 11.6 Å². The van der Waals surface area contributed by atoms with E-state index in [0.717, 1.165) is 11.1 Å². The lowest BCUT2D eigenvalue weighted by Gasteiger charge is -2.24. The van der Waals surface area contributed by atoms with Gasteiger partial charge >= 0.3 is 0 Å². The van der Waals surface area contributed by atoms with E-state index in [0.29, 0.717) is 17.0 Å². The number of allylic oxidation sites excluding steroid dienone is 2. The van der Waals surface area contributed by atoms with Crippen molar-refractivity contribution in [2.45, 2.75) is 25.7 Å². The average molecular weight is 340 g/mol. The van der Waals surface area contributed by atoms with Crippen LogP contribution in [0.4, 0.5) is 0 Å². The first-order chi connectivity index (χ1) is 11.5. The largest absolute Gasteiger partial charge is 0.511 e. The summed E-state index contributed by atoms with van der Waals surface area (Å²) in [5.41, 5.74) is 2.87. The molecule has 0 saturated carbocycles. The van der Waals surface area contributed by atoms with Crippen LogP contribution in [0.25, 0.3) is 0 Å². The number of halogens is 1. The molecule has 2 N–H and O–H groups in total. The first-order valence-electron chi connectivity index (χ1n) is 7.82. The molecule has 0 fully saturated rings. The highest BCUT2D eigenvalue weighted by atomic mass is 35.5. The lowest BCUT2D eigenvalue weighted by atomic mass is 9.80. The Kier molecular flexibility index (Phi) is 4.54. The molecule has 1 aliphatic rings. The molecule has 3 rings (SSSR count). The number of aliphatic hydroxyl groups is 1. The van der Waals surface area contributed by atoms with Crippen LogP contribution in [-0.4, -0.2) is 16.6 Å². The molecular weight excluding hydrogens is 322 g/mol. The Morgan fingerprint density at radius 2 is 1.88 bits per heavy atom. The first-order valence-corrected chi connectivity index (χ1v) is 8.20. The number of Topliss-reactive ketones (excluding diaryl/α,β-unsaturated/α-hetero) is 1. The second kappa shape index (κ2) is 6.62. The third-order valence-corrected chi connectivity index (χ3v) is 4.58. The van der Waals surface area contributed by atoms with Gasteiger partial charge in [-0.2, -0.15) is 0 Å². The van der Waals surface area contributed by atoms with Gasteiger partial charge in [0.25, 0.3) is 0 Å². The zero-order valence-electron chi connectivity index (χ0n) is 13.3. The summed E-state index contributed by atoms with van der Waals surface area (Å²) < 4.78 is 0. The molecule has 0 spiro atoms. The molecule has 1 atom stereocenters. The van der Waals surface area contributed by atoms with E-state index in [-0.39, 0.29) is 35.2 Å². The van der Waals surface area contributed by atoms with Gasteiger partial charge in [0.05, 0.1) is 11.3 Å². The summed E-state index contributed by atoms with van der Waals surface area (Å²) in [4.78, 5) is 12.6. The molecule has 2 aromatic rings. The standard InChI is InChI=1S/C20H18ClNO2/c1-12-5-7-13(8-6-12)20(22)19-17(23)10-15(11-18(19)24)14-3-2-4-16(21)9-14/h2-9,15,22-23H,10-11H2,1H3. The van der Waals surface area contributed by atoms with Crippen molar-refractivity contribution in [2.24, 2.45) is 0 Å². The molecule has 0 aromatic heterocycles. The maximum atomic E-state index is 12.6. The average Bonchev–Trinajstić information content (AvgIpc) is 2.54. The molecule has 0 saturated heterocycles. The SMILES string of the molecule is Cc1ccc(C(=N)C2=C(O)CC(c3cccc(Cl)c3)CC2=O)cc1. The molecule has 4 heteroatoms. The van der Waals surface area contributed by atoms with Gasteiger partial charge in [0.2, 0.25) is 0 Å². The van der Waals surface area contributed by atoms with Crippen LogP contribution in [0.5, 0.6) is 0 Å². The van der Waals surface area contributed by atoms with Crippen molar-refractivity contribution >= 4 is 23.1 Å². The van der Waals surface area contributed by atoms with Gasteiger partial charge in [0.15, 0.2) is 5.78 Å². The number of hydrogen-bond acceptors (Lipinski definition) is 3. The maximum Gasteiger partial charge on any atom is 0.169 e. The molecule has 1 aliphatic carbocycles. The Bertz CT molecular complexity index is 837. The lowest BCUT2D eigenvalue weighted by Crippen LogP contribution is -2.23. The van der Waals surface area contributed by atoms with Gasteiger partial charge in [-0.15, -0.1) is 0 Å². The molecule has 0 aliphatic heterocycles. The Balaban J connectivity index is 1.90. The number of carbonyl (C=O) groups is 1. The van der Waals surface area contributed by atoms with E-state index < -0.39 is 0 Å². The Morgan fingerprint density at radius 1 is 1.17 bits per heavy atom. The number of nitrogens with one attached hydrogen (secondary N) is 1. The lowest BCUT2D eigenvalue weighted by molar-refractivity contribution is -0.116. The molecule has 0 heterocycles. The van der Waals surface area contributed by atoms with Crippen LogP contribution in [0.3, 0.4) is 0 Å². The molecule has 0 bridgehead atoms. The van der Waals surface area contributed by atoms with Crippen molar-refractivity contribution in [3.63, 3.8) is 0 Å². The van der Waals surface area contributed by atoms with E-state index in [2.05, 4.69) is 0 Å². The van der Waals surface area contributed by atoms with Crippen molar-refractivity contribution < 1.29 is 9.90 Å². The molecule has 3 nitrogen and oxygen atoms in total. The van der Waals surface area contributed by atoms with Crippen molar-refractivity contribution in [3.05, 3.63) is 81.6 Å². The fourth-order valence-electron chi connectivity index (χ4n) is 3.04. The smallest absolute Gasteiger partial charge is 0.169 e. The number of aliphatic hydroxyl groups excluding tert-OH is 1. The highest BCUT2D eigenvalue weighted by Gasteiger charge is 2.31. The molecule has 24 heavy (non-hydrogen) atoms. The van der Waals surface area contributed by atoms with E-state index in [4.69, 9.17) is 17.0 Å².